The number of benzene rings is 4. The molecular formula is C30H17N. The van der Waals surface area contributed by atoms with E-state index in [1.807, 2.05) is 60.7 Å². The molecule has 6 rings (SSSR count). The van der Waals surface area contributed by atoms with Crippen LogP contribution in [-0.2, 0) is 0 Å². The molecule has 31 heavy (non-hydrogen) atoms. The number of hydrogen-bond acceptors (Lipinski definition) is 0. The summed E-state index contributed by atoms with van der Waals surface area (Å²) in [7, 11) is 0. The van der Waals surface area contributed by atoms with Gasteiger partial charge in [0, 0.05) is 22.3 Å². The summed E-state index contributed by atoms with van der Waals surface area (Å²) in [5.41, 5.74) is 8.60. The Balaban J connectivity index is 1.59. The Hall–Kier alpha value is -4.46. The molecule has 0 spiro atoms. The first-order valence-electron chi connectivity index (χ1n) is 10.3. The van der Waals surface area contributed by atoms with Crippen LogP contribution >= 0.6 is 0 Å². The Morgan fingerprint density at radius 1 is 0.452 bits per heavy atom. The monoisotopic (exact) mass is 391 g/mol. The Morgan fingerprint density at radius 3 is 1.42 bits per heavy atom. The lowest BCUT2D eigenvalue weighted by molar-refractivity contribution is 1.33. The quantitative estimate of drug-likeness (QED) is 0.280. The molecule has 0 amide bonds. The third-order valence-electron chi connectivity index (χ3n) is 5.65. The number of nitrogens with one attached hydrogen (secondary N) is 1. The first kappa shape index (κ1) is 17.4. The van der Waals surface area contributed by atoms with E-state index in [0.29, 0.717) is 0 Å². The normalized spacial score (nSPS) is 10.7. The number of H-pyrrole nitrogens is 1. The lowest BCUT2D eigenvalue weighted by atomic mass is 10.0. The van der Waals surface area contributed by atoms with Crippen LogP contribution in [0.2, 0.25) is 0 Å². The van der Waals surface area contributed by atoms with Gasteiger partial charge in [0.2, 0.25) is 0 Å². The number of aromatic nitrogens is 1. The van der Waals surface area contributed by atoms with Crippen molar-refractivity contribution in [1.29, 1.82) is 0 Å². The van der Waals surface area contributed by atoms with Crippen LogP contribution in [0.3, 0.4) is 0 Å². The lowest BCUT2D eigenvalue weighted by Crippen LogP contribution is -1.84. The van der Waals surface area contributed by atoms with E-state index in [1.54, 1.807) is 0 Å². The summed E-state index contributed by atoms with van der Waals surface area (Å²) in [4.78, 5) is 3.53. The predicted octanol–water partition coefficient (Wildman–Crippen LogP) is 6.61. The molecule has 0 atom stereocenters. The second-order valence-electron chi connectivity index (χ2n) is 7.57. The highest BCUT2D eigenvalue weighted by atomic mass is 14.7. The van der Waals surface area contributed by atoms with Crippen molar-refractivity contribution in [2.24, 2.45) is 0 Å². The first-order valence-corrected chi connectivity index (χ1v) is 10.3. The van der Waals surface area contributed by atoms with Gasteiger partial charge in [-0.2, -0.15) is 0 Å². The van der Waals surface area contributed by atoms with Crippen molar-refractivity contribution in [1.82, 2.24) is 4.98 Å². The van der Waals surface area contributed by atoms with Gasteiger partial charge in [-0.25, -0.2) is 0 Å². The van der Waals surface area contributed by atoms with Crippen LogP contribution in [0.15, 0.2) is 97.1 Å². The Morgan fingerprint density at radius 2 is 0.935 bits per heavy atom. The maximum absolute atomic E-state index is 3.53. The lowest BCUT2D eigenvalue weighted by Gasteiger charge is -2.02. The summed E-state index contributed by atoms with van der Waals surface area (Å²) in [6.45, 7) is 0. The molecule has 0 fully saturated rings. The summed E-state index contributed by atoms with van der Waals surface area (Å²) in [5.74, 6) is 13.4. The van der Waals surface area contributed by atoms with E-state index < -0.39 is 0 Å². The highest BCUT2D eigenvalue weighted by Crippen LogP contribution is 2.50. The van der Waals surface area contributed by atoms with Crippen LogP contribution < -0.4 is 0 Å². The third kappa shape index (κ3) is 2.93. The van der Waals surface area contributed by atoms with Crippen LogP contribution in [0.25, 0.3) is 33.0 Å². The minimum Gasteiger partial charge on any atom is -0.341 e. The smallest absolute Gasteiger partial charge is 0.0993 e. The topological polar surface area (TPSA) is 15.8 Å². The van der Waals surface area contributed by atoms with E-state index in [0.717, 1.165) is 33.6 Å². The zero-order valence-corrected chi connectivity index (χ0v) is 16.7. The molecule has 4 aromatic carbocycles. The van der Waals surface area contributed by atoms with Crippen LogP contribution in [0.4, 0.5) is 0 Å². The van der Waals surface area contributed by atoms with Gasteiger partial charge in [0.1, 0.15) is 0 Å². The number of hydrogen-bond donors (Lipinski definition) is 1. The van der Waals surface area contributed by atoms with Crippen molar-refractivity contribution in [2.45, 2.75) is 0 Å². The largest absolute Gasteiger partial charge is 0.341 e. The number of aromatic amines is 1. The maximum Gasteiger partial charge on any atom is 0.0993 e. The average molecular weight is 391 g/mol. The summed E-state index contributed by atoms with van der Waals surface area (Å²) in [5, 5.41) is 2.53. The molecule has 5 aromatic rings. The van der Waals surface area contributed by atoms with Gasteiger partial charge in [0.25, 0.3) is 0 Å². The van der Waals surface area contributed by atoms with Crippen LogP contribution in [0, 0.1) is 23.7 Å². The predicted molar refractivity (Wildman–Crippen MR) is 128 cm³/mol. The molecular weight excluding hydrogens is 374 g/mol. The van der Waals surface area contributed by atoms with Gasteiger partial charge in [-0.3, -0.25) is 0 Å². The zero-order valence-electron chi connectivity index (χ0n) is 16.7. The van der Waals surface area contributed by atoms with Gasteiger partial charge >= 0.3 is 0 Å². The van der Waals surface area contributed by atoms with Crippen LogP contribution in [0.1, 0.15) is 22.5 Å². The fraction of sp³-hybridized carbons (Fsp3) is 0. The second kappa shape index (κ2) is 7.10. The molecule has 0 unspecified atom stereocenters. The van der Waals surface area contributed by atoms with E-state index in [9.17, 15) is 0 Å². The molecule has 1 heteroatoms. The van der Waals surface area contributed by atoms with E-state index in [2.05, 4.69) is 65.1 Å². The zero-order chi connectivity index (χ0) is 20.6. The number of fused-ring (bicyclic) bond motifs is 3. The molecule has 1 nitrogen and oxygen atoms in total. The average Bonchev–Trinajstić information content (AvgIpc) is 3.36. The van der Waals surface area contributed by atoms with E-state index in [4.69, 9.17) is 0 Å². The minimum atomic E-state index is 0.917. The molecule has 1 aromatic heterocycles. The Kier molecular flexibility index (Phi) is 3.99. The van der Waals surface area contributed by atoms with Crippen molar-refractivity contribution in [3.63, 3.8) is 0 Å². The molecule has 1 heterocycles. The van der Waals surface area contributed by atoms with Gasteiger partial charge < -0.3 is 4.98 Å². The summed E-state index contributed by atoms with van der Waals surface area (Å²) in [6, 6.07) is 33.1. The van der Waals surface area contributed by atoms with Gasteiger partial charge in [0.15, 0.2) is 0 Å². The van der Waals surface area contributed by atoms with Crippen molar-refractivity contribution < 1.29 is 0 Å². The van der Waals surface area contributed by atoms with Gasteiger partial charge in [-0.15, -0.1) is 0 Å². The Bertz CT molecular complexity index is 1450. The second-order valence-corrected chi connectivity index (χ2v) is 7.57. The van der Waals surface area contributed by atoms with Gasteiger partial charge in [-0.05, 0) is 58.0 Å². The third-order valence-corrected chi connectivity index (χ3v) is 5.65. The molecule has 1 aliphatic carbocycles. The van der Waals surface area contributed by atoms with Crippen molar-refractivity contribution in [3.05, 3.63) is 120 Å². The van der Waals surface area contributed by atoms with Crippen molar-refractivity contribution in [2.75, 3.05) is 0 Å². The standard InChI is InChI=1S/C30H17N/c1-3-9-21(10-4-1)17-19-26-29-24-15-7-13-23-14-8-16-25(28(23)24)30(29)27(31-26)20-18-22-11-5-2-6-12-22/h1-16,31H. The highest BCUT2D eigenvalue weighted by molar-refractivity contribution is 6.17. The van der Waals surface area contributed by atoms with E-state index in [-0.39, 0.29) is 0 Å². The molecule has 1 N–H and O–H groups in total. The molecule has 0 bridgehead atoms. The van der Waals surface area contributed by atoms with Gasteiger partial charge in [0.05, 0.1) is 11.4 Å². The number of rotatable bonds is 0. The minimum absolute atomic E-state index is 0.917. The van der Waals surface area contributed by atoms with Crippen LogP contribution in [-0.4, -0.2) is 4.98 Å². The molecule has 1 aliphatic rings. The van der Waals surface area contributed by atoms with Gasteiger partial charge in [-0.1, -0.05) is 84.6 Å². The molecule has 0 aliphatic heterocycles. The SMILES string of the molecule is C(#Cc1[nH]c(C#Cc2ccccc2)c2c1-c1cccc3cccc-2c13)c1ccccc1. The van der Waals surface area contributed by atoms with E-state index in [1.165, 1.54) is 21.9 Å². The molecule has 0 saturated carbocycles. The van der Waals surface area contributed by atoms with Crippen molar-refractivity contribution in [3.8, 4) is 45.9 Å². The highest BCUT2D eigenvalue weighted by Gasteiger charge is 2.28. The molecule has 142 valence electrons. The van der Waals surface area contributed by atoms with Crippen molar-refractivity contribution >= 4 is 10.8 Å². The summed E-state index contributed by atoms with van der Waals surface area (Å²) < 4.78 is 0. The maximum atomic E-state index is 3.53. The summed E-state index contributed by atoms with van der Waals surface area (Å²) in [6.07, 6.45) is 0. The Labute approximate surface area is 181 Å². The fourth-order valence-electron chi connectivity index (χ4n) is 4.30. The van der Waals surface area contributed by atoms with Crippen LogP contribution in [0.5, 0.6) is 0 Å². The fourth-order valence-corrected chi connectivity index (χ4v) is 4.30. The summed E-state index contributed by atoms with van der Waals surface area (Å²) >= 11 is 0. The molecule has 0 saturated heterocycles. The molecule has 0 radical (unpaired) electrons. The first-order chi connectivity index (χ1) is 15.4. The van der Waals surface area contributed by atoms with E-state index >= 15 is 0 Å².